The molecule has 5 heteroatoms. The standard InChI is InChI=1S/C13H18F3NO/c1-2-18-12(10-6-4-3-5-7-10)11(17)8-9-13(14,15)16/h3-7,11-12H,2,8-9,17H2,1H3. The Hall–Kier alpha value is -1.07. The number of halogens is 3. The number of benzene rings is 1. The summed E-state index contributed by atoms with van der Waals surface area (Å²) in [7, 11) is 0. The predicted octanol–water partition coefficient (Wildman–Crippen LogP) is 3.43. The van der Waals surface area contributed by atoms with Crippen molar-refractivity contribution < 1.29 is 17.9 Å². The van der Waals surface area contributed by atoms with Gasteiger partial charge in [-0.15, -0.1) is 0 Å². The molecule has 2 unspecified atom stereocenters. The molecule has 2 atom stereocenters. The molecule has 1 aromatic carbocycles. The maximum absolute atomic E-state index is 12.2. The van der Waals surface area contributed by atoms with Crippen molar-refractivity contribution in [3.8, 4) is 0 Å². The smallest absolute Gasteiger partial charge is 0.372 e. The van der Waals surface area contributed by atoms with E-state index in [0.717, 1.165) is 5.56 Å². The number of alkyl halides is 3. The molecule has 18 heavy (non-hydrogen) atoms. The van der Waals surface area contributed by atoms with Crippen LogP contribution in [0.2, 0.25) is 0 Å². The second-order valence-electron chi connectivity index (χ2n) is 4.10. The highest BCUT2D eigenvalue weighted by atomic mass is 19.4. The number of hydrogen-bond acceptors (Lipinski definition) is 2. The van der Waals surface area contributed by atoms with Crippen molar-refractivity contribution in [3.05, 3.63) is 35.9 Å². The van der Waals surface area contributed by atoms with E-state index in [2.05, 4.69) is 0 Å². The van der Waals surface area contributed by atoms with Gasteiger partial charge in [0.1, 0.15) is 0 Å². The molecule has 0 saturated heterocycles. The number of rotatable bonds is 6. The summed E-state index contributed by atoms with van der Waals surface area (Å²) in [6, 6.07) is 8.44. The Kier molecular flexibility index (Phi) is 5.62. The van der Waals surface area contributed by atoms with Gasteiger partial charge in [-0.3, -0.25) is 0 Å². The average Bonchev–Trinajstić information content (AvgIpc) is 2.33. The van der Waals surface area contributed by atoms with Gasteiger partial charge in [-0.1, -0.05) is 30.3 Å². The molecule has 0 heterocycles. The highest BCUT2D eigenvalue weighted by Crippen LogP contribution is 2.27. The largest absolute Gasteiger partial charge is 0.389 e. The molecule has 102 valence electrons. The van der Waals surface area contributed by atoms with E-state index in [0.29, 0.717) is 6.61 Å². The van der Waals surface area contributed by atoms with Crippen LogP contribution >= 0.6 is 0 Å². The Morgan fingerprint density at radius 2 is 1.83 bits per heavy atom. The van der Waals surface area contributed by atoms with E-state index in [-0.39, 0.29) is 6.42 Å². The third-order valence-corrected chi connectivity index (χ3v) is 2.62. The highest BCUT2D eigenvalue weighted by molar-refractivity contribution is 5.19. The number of ether oxygens (including phenoxy) is 1. The molecule has 1 rings (SSSR count). The van der Waals surface area contributed by atoms with Crippen molar-refractivity contribution >= 4 is 0 Å². The van der Waals surface area contributed by atoms with Crippen molar-refractivity contribution in [1.82, 2.24) is 0 Å². The van der Waals surface area contributed by atoms with Crippen LogP contribution in [0.15, 0.2) is 30.3 Å². The highest BCUT2D eigenvalue weighted by Gasteiger charge is 2.30. The van der Waals surface area contributed by atoms with Crippen LogP contribution in [0.5, 0.6) is 0 Å². The van der Waals surface area contributed by atoms with Crippen LogP contribution in [0.3, 0.4) is 0 Å². The lowest BCUT2D eigenvalue weighted by Crippen LogP contribution is -2.31. The summed E-state index contributed by atoms with van der Waals surface area (Å²) >= 11 is 0. The van der Waals surface area contributed by atoms with Crippen molar-refractivity contribution in [2.45, 2.75) is 38.1 Å². The minimum absolute atomic E-state index is 0.136. The van der Waals surface area contributed by atoms with Crippen molar-refractivity contribution in [1.29, 1.82) is 0 Å². The van der Waals surface area contributed by atoms with Crippen LogP contribution in [0.25, 0.3) is 0 Å². The van der Waals surface area contributed by atoms with E-state index in [9.17, 15) is 13.2 Å². The first-order valence-electron chi connectivity index (χ1n) is 5.93. The van der Waals surface area contributed by atoms with Gasteiger partial charge in [-0.05, 0) is 18.9 Å². The summed E-state index contributed by atoms with van der Waals surface area (Å²) in [5.74, 6) is 0. The van der Waals surface area contributed by atoms with E-state index < -0.39 is 24.7 Å². The van der Waals surface area contributed by atoms with Gasteiger partial charge in [-0.25, -0.2) is 0 Å². The van der Waals surface area contributed by atoms with E-state index in [1.165, 1.54) is 0 Å². The fourth-order valence-electron chi connectivity index (χ4n) is 1.77. The average molecular weight is 261 g/mol. The first-order valence-corrected chi connectivity index (χ1v) is 5.93. The van der Waals surface area contributed by atoms with Gasteiger partial charge in [0.25, 0.3) is 0 Å². The van der Waals surface area contributed by atoms with E-state index in [1.54, 1.807) is 6.92 Å². The normalized spacial score (nSPS) is 15.4. The molecule has 0 aliphatic carbocycles. The third-order valence-electron chi connectivity index (χ3n) is 2.62. The number of hydrogen-bond donors (Lipinski definition) is 1. The summed E-state index contributed by atoms with van der Waals surface area (Å²) in [4.78, 5) is 0. The first kappa shape index (κ1) is 15.0. The minimum atomic E-state index is -4.18. The summed E-state index contributed by atoms with van der Waals surface area (Å²) in [6.07, 6.45) is -5.68. The zero-order chi connectivity index (χ0) is 13.6. The van der Waals surface area contributed by atoms with Crippen LogP contribution < -0.4 is 5.73 Å². The maximum atomic E-state index is 12.2. The molecule has 2 nitrogen and oxygen atoms in total. The van der Waals surface area contributed by atoms with Gasteiger partial charge < -0.3 is 10.5 Å². The molecule has 0 spiro atoms. The second kappa shape index (κ2) is 6.75. The van der Waals surface area contributed by atoms with Gasteiger partial charge in [0.15, 0.2) is 0 Å². The fraction of sp³-hybridized carbons (Fsp3) is 0.538. The Morgan fingerprint density at radius 3 is 2.33 bits per heavy atom. The lowest BCUT2D eigenvalue weighted by Gasteiger charge is -2.24. The Labute approximate surface area is 105 Å². The fourth-order valence-corrected chi connectivity index (χ4v) is 1.77. The first-order chi connectivity index (χ1) is 8.44. The molecular weight excluding hydrogens is 243 g/mol. The Balaban J connectivity index is 2.67. The molecule has 0 fully saturated rings. The van der Waals surface area contributed by atoms with Gasteiger partial charge >= 0.3 is 6.18 Å². The topological polar surface area (TPSA) is 35.2 Å². The van der Waals surface area contributed by atoms with E-state index in [1.807, 2.05) is 30.3 Å². The lowest BCUT2D eigenvalue weighted by atomic mass is 9.99. The van der Waals surface area contributed by atoms with Gasteiger partial charge in [0.2, 0.25) is 0 Å². The quantitative estimate of drug-likeness (QED) is 0.851. The van der Waals surface area contributed by atoms with E-state index in [4.69, 9.17) is 10.5 Å². The van der Waals surface area contributed by atoms with Crippen LogP contribution in [0.1, 0.15) is 31.4 Å². The summed E-state index contributed by atoms with van der Waals surface area (Å²) in [6.45, 7) is 2.21. The lowest BCUT2D eigenvalue weighted by molar-refractivity contribution is -0.138. The summed E-state index contributed by atoms with van der Waals surface area (Å²) in [5, 5.41) is 0. The van der Waals surface area contributed by atoms with Crippen molar-refractivity contribution in [2.24, 2.45) is 5.73 Å². The number of nitrogens with two attached hydrogens (primary N) is 1. The zero-order valence-corrected chi connectivity index (χ0v) is 10.3. The Bertz CT molecular complexity index is 340. The Morgan fingerprint density at radius 1 is 1.22 bits per heavy atom. The minimum Gasteiger partial charge on any atom is -0.372 e. The summed E-state index contributed by atoms with van der Waals surface area (Å²) < 4.78 is 42.0. The molecule has 0 aliphatic rings. The molecule has 0 radical (unpaired) electrons. The molecule has 0 saturated carbocycles. The van der Waals surface area contributed by atoms with Gasteiger partial charge in [0, 0.05) is 19.1 Å². The molecule has 0 bridgehead atoms. The van der Waals surface area contributed by atoms with Crippen molar-refractivity contribution in [3.63, 3.8) is 0 Å². The van der Waals surface area contributed by atoms with E-state index >= 15 is 0 Å². The molecule has 2 N–H and O–H groups in total. The SMILES string of the molecule is CCOC(c1ccccc1)C(N)CCC(F)(F)F. The molecule has 0 aromatic heterocycles. The van der Waals surface area contributed by atoms with Crippen molar-refractivity contribution in [2.75, 3.05) is 6.61 Å². The second-order valence-corrected chi connectivity index (χ2v) is 4.10. The monoisotopic (exact) mass is 261 g/mol. The van der Waals surface area contributed by atoms with Crippen LogP contribution in [-0.4, -0.2) is 18.8 Å². The van der Waals surface area contributed by atoms with Crippen LogP contribution in [0, 0.1) is 0 Å². The molecule has 1 aromatic rings. The summed E-state index contributed by atoms with van der Waals surface area (Å²) in [5.41, 5.74) is 6.63. The molecular formula is C13H18F3NO. The predicted molar refractivity (Wildman–Crippen MR) is 64.1 cm³/mol. The molecule has 0 amide bonds. The van der Waals surface area contributed by atoms with Crippen LogP contribution in [-0.2, 0) is 4.74 Å². The maximum Gasteiger partial charge on any atom is 0.389 e. The molecule has 0 aliphatic heterocycles. The third kappa shape index (κ3) is 5.06. The van der Waals surface area contributed by atoms with Gasteiger partial charge in [-0.2, -0.15) is 13.2 Å². The van der Waals surface area contributed by atoms with Gasteiger partial charge in [0.05, 0.1) is 6.10 Å². The zero-order valence-electron chi connectivity index (χ0n) is 10.3. The van der Waals surface area contributed by atoms with Crippen LogP contribution in [0.4, 0.5) is 13.2 Å².